The molecule has 18 heavy (non-hydrogen) atoms. The lowest BCUT2D eigenvalue weighted by atomic mass is 9.88. The van der Waals surface area contributed by atoms with Crippen LogP contribution < -0.4 is 15.2 Å². The van der Waals surface area contributed by atoms with Crippen LogP contribution in [-0.2, 0) is 0 Å². The predicted octanol–water partition coefficient (Wildman–Crippen LogP) is 3.03. The maximum Gasteiger partial charge on any atom is 0.164 e. The quantitative estimate of drug-likeness (QED) is 0.895. The standard InChI is InChI=1S/C15H23NO2/c1-10(2)14-12(11(3)9-16)5-6-13-15(14)18-8-4-7-17-13/h5-6,10-11H,4,7-9,16H2,1-3H3. The Morgan fingerprint density at radius 2 is 1.89 bits per heavy atom. The molecule has 1 aliphatic heterocycles. The van der Waals surface area contributed by atoms with Crippen molar-refractivity contribution in [1.29, 1.82) is 0 Å². The van der Waals surface area contributed by atoms with Crippen LogP contribution in [0.1, 0.15) is 50.2 Å². The largest absolute Gasteiger partial charge is 0.490 e. The maximum atomic E-state index is 5.91. The third-order valence-electron chi connectivity index (χ3n) is 3.45. The van der Waals surface area contributed by atoms with E-state index in [4.69, 9.17) is 15.2 Å². The summed E-state index contributed by atoms with van der Waals surface area (Å²) in [6.07, 6.45) is 0.938. The van der Waals surface area contributed by atoms with Gasteiger partial charge in [0, 0.05) is 12.0 Å². The molecule has 0 bridgehead atoms. The van der Waals surface area contributed by atoms with Gasteiger partial charge in [-0.15, -0.1) is 0 Å². The van der Waals surface area contributed by atoms with Crippen LogP contribution in [0, 0.1) is 0 Å². The summed E-state index contributed by atoms with van der Waals surface area (Å²) < 4.78 is 11.7. The van der Waals surface area contributed by atoms with Crippen molar-refractivity contribution in [1.82, 2.24) is 0 Å². The molecule has 0 spiro atoms. The molecule has 0 radical (unpaired) electrons. The molecule has 2 rings (SSSR count). The zero-order chi connectivity index (χ0) is 13.1. The van der Waals surface area contributed by atoms with Crippen molar-refractivity contribution in [3.05, 3.63) is 23.3 Å². The molecule has 2 N–H and O–H groups in total. The summed E-state index contributed by atoms with van der Waals surface area (Å²) in [6, 6.07) is 4.16. The average Bonchev–Trinajstić information content (AvgIpc) is 2.61. The molecule has 1 aliphatic rings. The molecular weight excluding hydrogens is 226 g/mol. The average molecular weight is 249 g/mol. The summed E-state index contributed by atoms with van der Waals surface area (Å²) in [6.45, 7) is 8.65. The first kappa shape index (κ1) is 13.2. The molecule has 0 fully saturated rings. The minimum atomic E-state index is 0.347. The van der Waals surface area contributed by atoms with Crippen LogP contribution in [0.4, 0.5) is 0 Å². The molecule has 1 atom stereocenters. The van der Waals surface area contributed by atoms with E-state index in [0.29, 0.717) is 18.4 Å². The van der Waals surface area contributed by atoms with E-state index in [9.17, 15) is 0 Å². The normalized spacial score (nSPS) is 16.5. The van der Waals surface area contributed by atoms with Crippen LogP contribution in [0.2, 0.25) is 0 Å². The van der Waals surface area contributed by atoms with Gasteiger partial charge in [-0.3, -0.25) is 0 Å². The van der Waals surface area contributed by atoms with E-state index in [1.807, 2.05) is 6.07 Å². The fourth-order valence-corrected chi connectivity index (χ4v) is 2.42. The Kier molecular flexibility index (Phi) is 4.12. The SMILES string of the molecule is CC(C)c1c(C(C)CN)ccc2c1OCCCO2. The van der Waals surface area contributed by atoms with E-state index in [-0.39, 0.29) is 0 Å². The number of hydrogen-bond donors (Lipinski definition) is 1. The molecule has 0 aromatic heterocycles. The minimum absolute atomic E-state index is 0.347. The van der Waals surface area contributed by atoms with Crippen molar-refractivity contribution < 1.29 is 9.47 Å². The maximum absolute atomic E-state index is 5.91. The van der Waals surface area contributed by atoms with Crippen molar-refractivity contribution in [2.45, 2.75) is 39.0 Å². The number of nitrogens with two attached hydrogens (primary N) is 1. The molecule has 3 heteroatoms. The number of fused-ring (bicyclic) bond motifs is 1. The molecular formula is C15H23NO2. The molecule has 1 heterocycles. The number of ether oxygens (including phenoxy) is 2. The third-order valence-corrected chi connectivity index (χ3v) is 3.45. The molecule has 3 nitrogen and oxygen atoms in total. The molecule has 1 unspecified atom stereocenters. The monoisotopic (exact) mass is 249 g/mol. The molecule has 0 saturated carbocycles. The Bertz CT molecular complexity index is 415. The zero-order valence-electron chi connectivity index (χ0n) is 11.5. The van der Waals surface area contributed by atoms with E-state index < -0.39 is 0 Å². The smallest absolute Gasteiger partial charge is 0.164 e. The van der Waals surface area contributed by atoms with Crippen molar-refractivity contribution in [3.63, 3.8) is 0 Å². The molecule has 100 valence electrons. The Morgan fingerprint density at radius 1 is 1.17 bits per heavy atom. The Morgan fingerprint density at radius 3 is 2.56 bits per heavy atom. The fourth-order valence-electron chi connectivity index (χ4n) is 2.42. The van der Waals surface area contributed by atoms with Crippen molar-refractivity contribution >= 4 is 0 Å². The third kappa shape index (κ3) is 2.46. The van der Waals surface area contributed by atoms with E-state index in [2.05, 4.69) is 26.8 Å². The summed E-state index contributed by atoms with van der Waals surface area (Å²) >= 11 is 0. The second-order valence-electron chi connectivity index (χ2n) is 5.24. The number of benzene rings is 1. The van der Waals surface area contributed by atoms with Gasteiger partial charge in [0.25, 0.3) is 0 Å². The topological polar surface area (TPSA) is 44.5 Å². The van der Waals surface area contributed by atoms with E-state index in [1.165, 1.54) is 11.1 Å². The van der Waals surface area contributed by atoms with E-state index in [1.54, 1.807) is 0 Å². The van der Waals surface area contributed by atoms with Crippen LogP contribution >= 0.6 is 0 Å². The van der Waals surface area contributed by atoms with Crippen LogP contribution in [0.3, 0.4) is 0 Å². The lowest BCUT2D eigenvalue weighted by Gasteiger charge is -2.22. The highest BCUT2D eigenvalue weighted by atomic mass is 16.5. The summed E-state index contributed by atoms with van der Waals surface area (Å²) in [7, 11) is 0. The van der Waals surface area contributed by atoms with Gasteiger partial charge in [0.2, 0.25) is 0 Å². The molecule has 0 aliphatic carbocycles. The first-order valence-electron chi connectivity index (χ1n) is 6.77. The minimum Gasteiger partial charge on any atom is -0.490 e. The van der Waals surface area contributed by atoms with Crippen LogP contribution in [0.15, 0.2) is 12.1 Å². The molecule has 1 aromatic carbocycles. The van der Waals surface area contributed by atoms with E-state index >= 15 is 0 Å². The van der Waals surface area contributed by atoms with Crippen molar-refractivity contribution in [3.8, 4) is 11.5 Å². The zero-order valence-corrected chi connectivity index (χ0v) is 11.5. The van der Waals surface area contributed by atoms with Gasteiger partial charge in [0.05, 0.1) is 13.2 Å². The molecule has 0 saturated heterocycles. The second-order valence-corrected chi connectivity index (χ2v) is 5.24. The van der Waals surface area contributed by atoms with Gasteiger partial charge >= 0.3 is 0 Å². The van der Waals surface area contributed by atoms with Gasteiger partial charge in [-0.05, 0) is 30.0 Å². The highest BCUT2D eigenvalue weighted by Gasteiger charge is 2.22. The lowest BCUT2D eigenvalue weighted by molar-refractivity contribution is 0.295. The van der Waals surface area contributed by atoms with Gasteiger partial charge < -0.3 is 15.2 Å². The molecule has 0 amide bonds. The highest BCUT2D eigenvalue weighted by Crippen LogP contribution is 2.41. The summed E-state index contributed by atoms with van der Waals surface area (Å²) in [5.74, 6) is 2.56. The van der Waals surface area contributed by atoms with Gasteiger partial charge in [0.15, 0.2) is 11.5 Å². The van der Waals surface area contributed by atoms with Crippen molar-refractivity contribution in [2.75, 3.05) is 19.8 Å². The van der Waals surface area contributed by atoms with Crippen LogP contribution in [0.25, 0.3) is 0 Å². The summed E-state index contributed by atoms with van der Waals surface area (Å²) in [5, 5.41) is 0. The Balaban J connectivity index is 2.53. The number of hydrogen-bond acceptors (Lipinski definition) is 3. The second kappa shape index (κ2) is 5.61. The van der Waals surface area contributed by atoms with Gasteiger partial charge in [-0.25, -0.2) is 0 Å². The molecule has 1 aromatic rings. The highest BCUT2D eigenvalue weighted by molar-refractivity contribution is 5.53. The first-order chi connectivity index (χ1) is 8.65. The lowest BCUT2D eigenvalue weighted by Crippen LogP contribution is -2.13. The summed E-state index contributed by atoms with van der Waals surface area (Å²) in [4.78, 5) is 0. The predicted molar refractivity (Wildman–Crippen MR) is 73.6 cm³/mol. The number of rotatable bonds is 3. The van der Waals surface area contributed by atoms with Crippen LogP contribution in [0.5, 0.6) is 11.5 Å². The van der Waals surface area contributed by atoms with Crippen molar-refractivity contribution in [2.24, 2.45) is 5.73 Å². The first-order valence-corrected chi connectivity index (χ1v) is 6.77. The van der Waals surface area contributed by atoms with E-state index in [0.717, 1.165) is 31.1 Å². The van der Waals surface area contributed by atoms with Crippen LogP contribution in [-0.4, -0.2) is 19.8 Å². The Labute approximate surface area is 109 Å². The Hall–Kier alpha value is -1.22. The van der Waals surface area contributed by atoms with Gasteiger partial charge in [-0.1, -0.05) is 26.8 Å². The fraction of sp³-hybridized carbons (Fsp3) is 0.600. The van der Waals surface area contributed by atoms with Gasteiger partial charge in [0.1, 0.15) is 0 Å². The summed E-state index contributed by atoms with van der Waals surface area (Å²) in [5.41, 5.74) is 8.35. The van der Waals surface area contributed by atoms with Gasteiger partial charge in [-0.2, -0.15) is 0 Å².